The summed E-state index contributed by atoms with van der Waals surface area (Å²) >= 11 is 0. The summed E-state index contributed by atoms with van der Waals surface area (Å²) in [7, 11) is 1.52. The average Bonchev–Trinajstić information content (AvgIpc) is 3.73. The lowest BCUT2D eigenvalue weighted by molar-refractivity contribution is -0.336. The molecule has 17 atom stereocenters. The Balaban J connectivity index is 1.29. The van der Waals surface area contributed by atoms with Gasteiger partial charge < -0.3 is 48.8 Å². The van der Waals surface area contributed by atoms with Gasteiger partial charge in [-0.25, -0.2) is 0 Å². The number of rotatable bonds is 10. The van der Waals surface area contributed by atoms with Crippen LogP contribution in [0.5, 0.6) is 0 Å². The molecule has 11 nitrogen and oxygen atoms in total. The van der Waals surface area contributed by atoms with Crippen LogP contribution in [-0.4, -0.2) is 106 Å². The smallest absolute Gasteiger partial charge is 0.308 e. The van der Waals surface area contributed by atoms with Crippen LogP contribution in [-0.2, 0) is 33.2 Å². The number of ether oxygens (including phenoxy) is 6. The van der Waals surface area contributed by atoms with E-state index in [0.717, 1.165) is 32.1 Å². The van der Waals surface area contributed by atoms with Gasteiger partial charge in [-0.05, 0) is 64.2 Å². The Morgan fingerprint density at radius 1 is 1.02 bits per heavy atom. The first-order valence-corrected chi connectivity index (χ1v) is 18.1. The first-order chi connectivity index (χ1) is 22.0. The number of hydrogen-bond acceptors (Lipinski definition) is 10. The molecule has 0 aromatic carbocycles. The summed E-state index contributed by atoms with van der Waals surface area (Å²) in [4.78, 5) is 11.8. The minimum Gasteiger partial charge on any atom is -0.481 e. The standard InChI is InChI=1S/C36H62O11/c1-10-34(31-20(3)16-26(43-31)28-19(2)15-21(4)36(41,18-37)46-28)12-11-27(44-34)33(8)13-14-35(47-33)17-25(38)22(5)30(45-35)23(6)29(42-9)24(7)32(39)40/h19-31,37-38,41H,10-18H2,1-9H3,(H,39,40)/t19-,20-,21+,22+,23-,24+,25-,26+,27+,28-,29+,30-,31-,33-,34-,35+,36-/m0/s1. The maximum Gasteiger partial charge on any atom is 0.308 e. The molecule has 0 saturated carbocycles. The lowest BCUT2D eigenvalue weighted by Crippen LogP contribution is -2.57. The van der Waals surface area contributed by atoms with E-state index in [4.69, 9.17) is 28.4 Å². The van der Waals surface area contributed by atoms with Crippen molar-refractivity contribution >= 4 is 5.97 Å². The molecule has 5 rings (SSSR count). The molecule has 0 aromatic rings. The van der Waals surface area contributed by atoms with Crippen LogP contribution >= 0.6 is 0 Å². The number of methoxy groups -OCH3 is 1. The van der Waals surface area contributed by atoms with Crippen molar-refractivity contribution in [2.45, 2.75) is 172 Å². The fraction of sp³-hybridized carbons (Fsp3) is 0.972. The Hall–Kier alpha value is -0.890. The van der Waals surface area contributed by atoms with Crippen LogP contribution in [0.1, 0.15) is 107 Å². The highest BCUT2D eigenvalue weighted by atomic mass is 16.7. The van der Waals surface area contributed by atoms with Crippen LogP contribution in [0.4, 0.5) is 0 Å². The van der Waals surface area contributed by atoms with Gasteiger partial charge in [0.15, 0.2) is 11.6 Å². The predicted octanol–water partition coefficient (Wildman–Crippen LogP) is 4.27. The maximum absolute atomic E-state index is 11.8. The summed E-state index contributed by atoms with van der Waals surface area (Å²) < 4.78 is 39.4. The predicted molar refractivity (Wildman–Crippen MR) is 172 cm³/mol. The molecule has 272 valence electrons. The molecule has 0 bridgehead atoms. The highest BCUT2D eigenvalue weighted by Crippen LogP contribution is 2.55. The zero-order valence-electron chi connectivity index (χ0n) is 30.0. The number of hydrogen-bond donors (Lipinski definition) is 4. The van der Waals surface area contributed by atoms with Gasteiger partial charge in [-0.3, -0.25) is 4.79 Å². The first kappa shape index (κ1) is 37.4. The number of carboxylic acids is 1. The average molecular weight is 671 g/mol. The van der Waals surface area contributed by atoms with Crippen LogP contribution in [0, 0.1) is 35.5 Å². The summed E-state index contributed by atoms with van der Waals surface area (Å²) in [6.07, 6.45) is 2.99. The SMILES string of the molecule is CC[C@@]1([C@H]2O[C@@H]([C@H]3O[C@@](O)(CO)[C@H](C)C[C@@H]3C)C[C@@H]2C)CC[C@H]([C@]2(C)CC[C@]3(C[C@H](O)[C@@H](C)[C@@H]([C@@H](C)[C@@H](OC)[C@@H](C)C(=O)O)O3)O2)O1. The van der Waals surface area contributed by atoms with Gasteiger partial charge in [0.25, 0.3) is 0 Å². The number of aliphatic carboxylic acids is 1. The molecule has 5 aliphatic rings. The highest BCUT2D eigenvalue weighted by molar-refractivity contribution is 5.70. The van der Waals surface area contributed by atoms with E-state index in [0.29, 0.717) is 19.3 Å². The largest absolute Gasteiger partial charge is 0.481 e. The lowest BCUT2D eigenvalue weighted by atomic mass is 9.78. The monoisotopic (exact) mass is 670 g/mol. The van der Waals surface area contributed by atoms with E-state index < -0.39 is 59.6 Å². The minimum absolute atomic E-state index is 0.153. The topological polar surface area (TPSA) is 153 Å². The van der Waals surface area contributed by atoms with Crippen molar-refractivity contribution in [2.24, 2.45) is 35.5 Å². The molecular formula is C36H62O11. The Morgan fingerprint density at radius 3 is 2.34 bits per heavy atom. The van der Waals surface area contributed by atoms with Crippen molar-refractivity contribution in [3.05, 3.63) is 0 Å². The van der Waals surface area contributed by atoms with Crippen LogP contribution in [0.15, 0.2) is 0 Å². The normalized spacial score (nSPS) is 50.9. The van der Waals surface area contributed by atoms with Gasteiger partial charge in [-0.15, -0.1) is 0 Å². The maximum atomic E-state index is 11.8. The van der Waals surface area contributed by atoms with Crippen LogP contribution in [0.3, 0.4) is 0 Å². The summed E-state index contributed by atoms with van der Waals surface area (Å²) in [6.45, 7) is 15.6. The minimum atomic E-state index is -1.56. The molecule has 5 saturated heterocycles. The Kier molecular flexibility index (Phi) is 10.9. The third-order valence-corrected chi connectivity index (χ3v) is 13.0. The van der Waals surface area contributed by atoms with Gasteiger partial charge in [-0.1, -0.05) is 41.5 Å². The quantitative estimate of drug-likeness (QED) is 0.264. The molecule has 1 spiro atoms. The third-order valence-electron chi connectivity index (χ3n) is 13.0. The van der Waals surface area contributed by atoms with Gasteiger partial charge in [-0.2, -0.15) is 0 Å². The molecular weight excluding hydrogens is 608 g/mol. The second kappa shape index (κ2) is 13.7. The number of aliphatic hydroxyl groups excluding tert-OH is 2. The molecule has 47 heavy (non-hydrogen) atoms. The van der Waals surface area contributed by atoms with Crippen LogP contribution < -0.4 is 0 Å². The van der Waals surface area contributed by atoms with Gasteiger partial charge in [0.2, 0.25) is 0 Å². The molecule has 0 amide bonds. The van der Waals surface area contributed by atoms with E-state index in [-0.39, 0.29) is 54.0 Å². The van der Waals surface area contributed by atoms with Crippen molar-refractivity contribution in [1.82, 2.24) is 0 Å². The van der Waals surface area contributed by atoms with Crippen LogP contribution in [0.2, 0.25) is 0 Å². The molecule has 5 aliphatic heterocycles. The van der Waals surface area contributed by atoms with Gasteiger partial charge in [0, 0.05) is 37.7 Å². The van der Waals surface area contributed by atoms with E-state index in [1.807, 2.05) is 20.8 Å². The Bertz CT molecular complexity index is 1110. The molecule has 0 radical (unpaired) electrons. The summed E-state index contributed by atoms with van der Waals surface area (Å²) in [5.41, 5.74) is -1.15. The van der Waals surface area contributed by atoms with Crippen molar-refractivity contribution < 1.29 is 53.6 Å². The number of aliphatic hydroxyl groups is 3. The zero-order chi connectivity index (χ0) is 34.7. The first-order valence-electron chi connectivity index (χ1n) is 18.1. The molecule has 0 aromatic heterocycles. The van der Waals surface area contributed by atoms with E-state index in [1.54, 1.807) is 6.92 Å². The van der Waals surface area contributed by atoms with Crippen molar-refractivity contribution in [1.29, 1.82) is 0 Å². The molecule has 11 heteroatoms. The number of carboxylic acid groups (broad SMARTS) is 1. The second-order valence-corrected chi connectivity index (χ2v) is 16.3. The molecule has 5 fully saturated rings. The lowest BCUT2D eigenvalue weighted by Gasteiger charge is -2.49. The van der Waals surface area contributed by atoms with E-state index in [9.17, 15) is 25.2 Å². The van der Waals surface area contributed by atoms with Crippen molar-refractivity contribution in [3.63, 3.8) is 0 Å². The highest BCUT2D eigenvalue weighted by Gasteiger charge is 2.62. The zero-order valence-corrected chi connectivity index (χ0v) is 30.0. The van der Waals surface area contributed by atoms with E-state index in [1.165, 1.54) is 7.11 Å². The van der Waals surface area contributed by atoms with Crippen molar-refractivity contribution in [3.8, 4) is 0 Å². The third kappa shape index (κ3) is 6.67. The summed E-state index contributed by atoms with van der Waals surface area (Å²) in [5.74, 6) is -4.52. The Labute approximate surface area is 281 Å². The second-order valence-electron chi connectivity index (χ2n) is 16.3. The molecule has 0 unspecified atom stereocenters. The van der Waals surface area contributed by atoms with E-state index in [2.05, 4.69) is 27.7 Å². The van der Waals surface area contributed by atoms with Gasteiger partial charge in [0.1, 0.15) is 0 Å². The molecule has 0 aliphatic carbocycles. The van der Waals surface area contributed by atoms with E-state index >= 15 is 0 Å². The Morgan fingerprint density at radius 2 is 1.72 bits per heavy atom. The van der Waals surface area contributed by atoms with Gasteiger partial charge >= 0.3 is 5.97 Å². The summed E-state index contributed by atoms with van der Waals surface area (Å²) in [6, 6.07) is 0. The number of carbonyl (C=O) groups is 1. The fourth-order valence-corrected chi connectivity index (χ4v) is 9.91. The van der Waals surface area contributed by atoms with Crippen molar-refractivity contribution in [2.75, 3.05) is 13.7 Å². The van der Waals surface area contributed by atoms with Crippen LogP contribution in [0.25, 0.3) is 0 Å². The van der Waals surface area contributed by atoms with Gasteiger partial charge in [0.05, 0.1) is 66.5 Å². The fourth-order valence-electron chi connectivity index (χ4n) is 9.91. The molecule has 4 N–H and O–H groups in total. The molecule has 5 heterocycles. The summed E-state index contributed by atoms with van der Waals surface area (Å²) in [5, 5.41) is 41.8.